The maximum Gasteiger partial charge on any atom is 0.409 e. The quantitative estimate of drug-likeness (QED) is 0.833. The minimum Gasteiger partial charge on any atom is -0.315 e. The van der Waals surface area contributed by atoms with Crippen molar-refractivity contribution < 1.29 is 13.2 Å². The van der Waals surface area contributed by atoms with Crippen LogP contribution in [0.3, 0.4) is 0 Å². The van der Waals surface area contributed by atoms with Gasteiger partial charge >= 0.3 is 6.18 Å². The first-order valence-corrected chi connectivity index (χ1v) is 4.13. The van der Waals surface area contributed by atoms with E-state index in [1.165, 1.54) is 13.2 Å². The largest absolute Gasteiger partial charge is 0.409 e. The van der Waals surface area contributed by atoms with Gasteiger partial charge in [0.1, 0.15) is 6.04 Å². The van der Waals surface area contributed by atoms with Crippen LogP contribution in [0, 0.1) is 0 Å². The number of rotatable bonds is 1. The van der Waals surface area contributed by atoms with E-state index in [0.29, 0.717) is 0 Å². The molecule has 0 fully saturated rings. The summed E-state index contributed by atoms with van der Waals surface area (Å²) >= 11 is 2.95. The van der Waals surface area contributed by atoms with Gasteiger partial charge in [-0.2, -0.15) is 18.3 Å². The van der Waals surface area contributed by atoms with Gasteiger partial charge in [-0.05, 0) is 15.9 Å². The molecule has 1 rings (SSSR count). The molecule has 0 aliphatic rings. The third kappa shape index (κ3) is 2.02. The van der Waals surface area contributed by atoms with E-state index in [9.17, 15) is 13.2 Å². The van der Waals surface area contributed by atoms with E-state index >= 15 is 0 Å². The summed E-state index contributed by atoms with van der Waals surface area (Å²) in [5.74, 6) is 0. The van der Waals surface area contributed by atoms with Gasteiger partial charge in [-0.15, -0.1) is 0 Å². The van der Waals surface area contributed by atoms with Crippen LogP contribution in [-0.4, -0.2) is 16.0 Å². The second-order valence-corrected chi connectivity index (χ2v) is 3.37. The van der Waals surface area contributed by atoms with Gasteiger partial charge in [0, 0.05) is 7.05 Å². The highest BCUT2D eigenvalue weighted by Gasteiger charge is 2.40. The standard InChI is InChI=1S/C6H7BrF3N3/c1-13-4(3(7)2-12-13)5(11)6(8,9)10/h2,5H,11H2,1H3. The second kappa shape index (κ2) is 3.30. The first kappa shape index (κ1) is 10.5. The Bertz CT molecular complexity index is 287. The minimum atomic E-state index is -4.45. The lowest BCUT2D eigenvalue weighted by atomic mass is 10.2. The van der Waals surface area contributed by atoms with Crippen molar-refractivity contribution in [2.45, 2.75) is 12.2 Å². The van der Waals surface area contributed by atoms with Gasteiger partial charge in [-0.25, -0.2) is 0 Å². The molecule has 74 valence electrons. The van der Waals surface area contributed by atoms with Crippen LogP contribution in [0.5, 0.6) is 0 Å². The number of nitrogens with two attached hydrogens (primary N) is 1. The Kier molecular flexibility index (Phi) is 2.67. The molecule has 0 aromatic carbocycles. The average Bonchev–Trinajstić information content (AvgIpc) is 2.28. The van der Waals surface area contributed by atoms with Crippen LogP contribution in [0.2, 0.25) is 0 Å². The lowest BCUT2D eigenvalue weighted by Gasteiger charge is -2.16. The topological polar surface area (TPSA) is 43.8 Å². The molecule has 2 N–H and O–H groups in total. The smallest absolute Gasteiger partial charge is 0.315 e. The summed E-state index contributed by atoms with van der Waals surface area (Å²) in [6.45, 7) is 0. The molecular weight excluding hydrogens is 251 g/mol. The minimum absolute atomic E-state index is 0.0764. The Hall–Kier alpha value is -0.560. The van der Waals surface area contributed by atoms with Crippen molar-refractivity contribution in [3.8, 4) is 0 Å². The Labute approximate surface area is 80.8 Å². The molecule has 1 heterocycles. The molecule has 0 radical (unpaired) electrons. The van der Waals surface area contributed by atoms with Crippen LogP contribution in [0.4, 0.5) is 13.2 Å². The van der Waals surface area contributed by atoms with Gasteiger partial charge in [-0.3, -0.25) is 4.68 Å². The van der Waals surface area contributed by atoms with Gasteiger partial charge in [0.2, 0.25) is 0 Å². The zero-order valence-corrected chi connectivity index (χ0v) is 8.22. The lowest BCUT2D eigenvalue weighted by Crippen LogP contribution is -2.30. The predicted octanol–water partition coefficient (Wildman–Crippen LogP) is 1.74. The molecule has 0 saturated carbocycles. The maximum atomic E-state index is 12.2. The van der Waals surface area contributed by atoms with Crippen molar-refractivity contribution >= 4 is 15.9 Å². The second-order valence-electron chi connectivity index (χ2n) is 2.52. The number of aryl methyl sites for hydroxylation is 1. The van der Waals surface area contributed by atoms with Crippen molar-refractivity contribution in [3.63, 3.8) is 0 Å². The molecule has 3 nitrogen and oxygen atoms in total. The number of aromatic nitrogens is 2. The van der Waals surface area contributed by atoms with Crippen LogP contribution in [-0.2, 0) is 7.05 Å². The van der Waals surface area contributed by atoms with Crippen LogP contribution < -0.4 is 5.73 Å². The molecule has 0 aliphatic heterocycles. The monoisotopic (exact) mass is 257 g/mol. The van der Waals surface area contributed by atoms with Crippen molar-refractivity contribution in [1.82, 2.24) is 9.78 Å². The van der Waals surface area contributed by atoms with Crippen LogP contribution in [0.15, 0.2) is 10.7 Å². The number of nitrogens with zero attached hydrogens (tertiary/aromatic N) is 2. The fourth-order valence-corrected chi connectivity index (χ4v) is 1.52. The summed E-state index contributed by atoms with van der Waals surface area (Å²) in [6.07, 6.45) is -3.17. The third-order valence-electron chi connectivity index (χ3n) is 1.58. The van der Waals surface area contributed by atoms with Gasteiger partial charge < -0.3 is 5.73 Å². The molecule has 0 saturated heterocycles. The highest BCUT2D eigenvalue weighted by molar-refractivity contribution is 9.10. The molecule has 0 aliphatic carbocycles. The van der Waals surface area contributed by atoms with E-state index in [2.05, 4.69) is 21.0 Å². The highest BCUT2D eigenvalue weighted by Crippen LogP contribution is 2.33. The van der Waals surface area contributed by atoms with Crippen molar-refractivity contribution in [1.29, 1.82) is 0 Å². The summed E-state index contributed by atoms with van der Waals surface area (Å²) in [4.78, 5) is 0. The maximum absolute atomic E-state index is 12.2. The highest BCUT2D eigenvalue weighted by atomic mass is 79.9. The van der Waals surface area contributed by atoms with Crippen molar-refractivity contribution in [2.24, 2.45) is 12.8 Å². The normalized spacial score (nSPS) is 14.6. The molecule has 1 aromatic heterocycles. The summed E-state index contributed by atoms with van der Waals surface area (Å²) in [5.41, 5.74) is 4.93. The Morgan fingerprint density at radius 1 is 1.62 bits per heavy atom. The van der Waals surface area contributed by atoms with E-state index in [1.54, 1.807) is 0 Å². The molecule has 0 spiro atoms. The number of hydrogen-bond acceptors (Lipinski definition) is 2. The predicted molar refractivity (Wildman–Crippen MR) is 43.9 cm³/mol. The zero-order valence-electron chi connectivity index (χ0n) is 6.64. The zero-order chi connectivity index (χ0) is 10.2. The molecular formula is C6H7BrF3N3. The first-order valence-electron chi connectivity index (χ1n) is 3.33. The van der Waals surface area contributed by atoms with E-state index in [-0.39, 0.29) is 10.2 Å². The fourth-order valence-electron chi connectivity index (χ4n) is 0.925. The number of halogens is 4. The van der Waals surface area contributed by atoms with Crippen molar-refractivity contribution in [2.75, 3.05) is 0 Å². The Morgan fingerprint density at radius 3 is 2.46 bits per heavy atom. The third-order valence-corrected chi connectivity index (χ3v) is 2.20. The molecule has 7 heteroatoms. The van der Waals surface area contributed by atoms with Crippen molar-refractivity contribution in [3.05, 3.63) is 16.4 Å². The number of hydrogen-bond donors (Lipinski definition) is 1. The van der Waals surface area contributed by atoms with Crippen LogP contribution >= 0.6 is 15.9 Å². The SMILES string of the molecule is Cn1ncc(Br)c1C(N)C(F)(F)F. The van der Waals surface area contributed by atoms with Gasteiger partial charge in [-0.1, -0.05) is 0 Å². The molecule has 1 aromatic rings. The molecule has 0 amide bonds. The summed E-state index contributed by atoms with van der Waals surface area (Å²) < 4.78 is 37.9. The van der Waals surface area contributed by atoms with Crippen LogP contribution in [0.1, 0.15) is 11.7 Å². The average molecular weight is 258 g/mol. The molecule has 0 bridgehead atoms. The lowest BCUT2D eigenvalue weighted by molar-refractivity contribution is -0.150. The molecule has 1 atom stereocenters. The summed E-state index contributed by atoms with van der Waals surface area (Å²) in [6, 6.07) is -2.01. The van der Waals surface area contributed by atoms with E-state index in [0.717, 1.165) is 4.68 Å². The van der Waals surface area contributed by atoms with Gasteiger partial charge in [0.25, 0.3) is 0 Å². The molecule has 1 unspecified atom stereocenters. The van der Waals surface area contributed by atoms with Crippen LogP contribution in [0.25, 0.3) is 0 Å². The van der Waals surface area contributed by atoms with E-state index in [1.807, 2.05) is 0 Å². The van der Waals surface area contributed by atoms with E-state index < -0.39 is 12.2 Å². The first-order chi connectivity index (χ1) is 5.84. The Balaban J connectivity index is 3.08. The van der Waals surface area contributed by atoms with Gasteiger partial charge in [0.05, 0.1) is 16.4 Å². The van der Waals surface area contributed by atoms with Gasteiger partial charge in [0.15, 0.2) is 0 Å². The number of alkyl halides is 3. The Morgan fingerprint density at radius 2 is 2.15 bits per heavy atom. The molecule has 13 heavy (non-hydrogen) atoms. The summed E-state index contributed by atoms with van der Waals surface area (Å²) in [5, 5.41) is 3.64. The summed E-state index contributed by atoms with van der Waals surface area (Å²) in [7, 11) is 1.41. The van der Waals surface area contributed by atoms with E-state index in [4.69, 9.17) is 5.73 Å². The fraction of sp³-hybridized carbons (Fsp3) is 0.500.